The van der Waals surface area contributed by atoms with Gasteiger partial charge in [-0.05, 0) is 45.1 Å². The van der Waals surface area contributed by atoms with Crippen molar-refractivity contribution in [3.63, 3.8) is 0 Å². The van der Waals surface area contributed by atoms with Gasteiger partial charge in [0.2, 0.25) is 0 Å². The van der Waals surface area contributed by atoms with Crippen LogP contribution in [-0.2, 0) is 10.2 Å². The molecular formula is C22H31N5O3S2. The van der Waals surface area contributed by atoms with E-state index >= 15 is 0 Å². The first-order valence-electron chi connectivity index (χ1n) is 11.7. The first kappa shape index (κ1) is 22.2. The van der Waals surface area contributed by atoms with Gasteiger partial charge >= 0.3 is 0 Å². The van der Waals surface area contributed by atoms with Crippen molar-refractivity contribution in [1.82, 2.24) is 23.5 Å². The summed E-state index contributed by atoms with van der Waals surface area (Å²) < 4.78 is 29.3. The molecule has 0 radical (unpaired) electrons. The molecule has 5 rings (SSSR count). The Morgan fingerprint density at radius 2 is 1.53 bits per heavy atom. The summed E-state index contributed by atoms with van der Waals surface area (Å²) in [5.41, 5.74) is 1.88. The third-order valence-corrected chi connectivity index (χ3v) is 10.1. The summed E-state index contributed by atoms with van der Waals surface area (Å²) in [5.74, 6) is 1.35. The normalized spacial score (nSPS) is 21.8. The van der Waals surface area contributed by atoms with Crippen molar-refractivity contribution in [2.24, 2.45) is 0 Å². The van der Waals surface area contributed by atoms with Crippen LogP contribution in [0.2, 0.25) is 0 Å². The van der Waals surface area contributed by atoms with Gasteiger partial charge in [-0.3, -0.25) is 4.79 Å². The predicted molar refractivity (Wildman–Crippen MR) is 125 cm³/mol. The molecule has 0 N–H and O–H groups in total. The lowest BCUT2D eigenvalue weighted by molar-refractivity contribution is 0.0698. The smallest absolute Gasteiger partial charge is 0.282 e. The number of amides is 1. The molecule has 0 bridgehead atoms. The molecule has 0 spiro atoms. The molecule has 2 aromatic rings. The lowest BCUT2D eigenvalue weighted by Gasteiger charge is -2.36. The second-order valence-electron chi connectivity index (χ2n) is 9.19. The van der Waals surface area contributed by atoms with Crippen molar-refractivity contribution in [3.05, 3.63) is 22.0 Å². The number of piperazine rings is 1. The molecule has 10 heteroatoms. The average Bonchev–Trinajstić information content (AvgIpc) is 3.60. The largest absolute Gasteiger partial charge is 0.335 e. The fourth-order valence-electron chi connectivity index (χ4n) is 4.79. The van der Waals surface area contributed by atoms with E-state index in [1.54, 1.807) is 13.5 Å². The molecule has 8 nitrogen and oxygen atoms in total. The van der Waals surface area contributed by atoms with Crippen molar-refractivity contribution >= 4 is 37.7 Å². The highest BCUT2D eigenvalue weighted by molar-refractivity contribution is 7.86. The van der Waals surface area contributed by atoms with E-state index < -0.39 is 10.2 Å². The molecule has 2 saturated heterocycles. The topological polar surface area (TPSA) is 86.7 Å². The van der Waals surface area contributed by atoms with Gasteiger partial charge in [0.25, 0.3) is 16.1 Å². The zero-order chi connectivity index (χ0) is 22.5. The van der Waals surface area contributed by atoms with E-state index in [-0.39, 0.29) is 5.91 Å². The van der Waals surface area contributed by atoms with Crippen molar-refractivity contribution in [3.8, 4) is 0 Å². The van der Waals surface area contributed by atoms with E-state index in [0.717, 1.165) is 65.8 Å². The van der Waals surface area contributed by atoms with E-state index in [9.17, 15) is 13.2 Å². The highest BCUT2D eigenvalue weighted by atomic mass is 32.2. The van der Waals surface area contributed by atoms with Crippen molar-refractivity contribution in [2.45, 2.75) is 58.3 Å². The van der Waals surface area contributed by atoms with Gasteiger partial charge in [0.1, 0.15) is 10.7 Å². The van der Waals surface area contributed by atoms with Gasteiger partial charge in [0.15, 0.2) is 0 Å². The van der Waals surface area contributed by atoms with E-state index in [4.69, 9.17) is 4.98 Å². The van der Waals surface area contributed by atoms with Crippen LogP contribution in [0.25, 0.3) is 10.2 Å². The van der Waals surface area contributed by atoms with E-state index in [1.165, 1.54) is 11.3 Å². The standard InChI is InChI=1S/C22H31N5O3S2/c1-15-18-16(2)23-20(17-7-8-17)24-21(18)31-19(15)22(28)25-11-13-27(14-12-25)32(29,30)26-9-5-3-4-6-10-26/h17H,3-14H2,1-2H3. The molecule has 3 fully saturated rings. The molecule has 1 amide bonds. The Labute approximate surface area is 193 Å². The van der Waals surface area contributed by atoms with Gasteiger partial charge in [-0.15, -0.1) is 11.3 Å². The molecule has 0 unspecified atom stereocenters. The number of carbonyl (C=O) groups is 1. The van der Waals surface area contributed by atoms with Gasteiger partial charge in [0.05, 0.1) is 10.6 Å². The van der Waals surface area contributed by atoms with Crippen LogP contribution >= 0.6 is 11.3 Å². The van der Waals surface area contributed by atoms with Gasteiger partial charge in [0, 0.05) is 50.6 Å². The number of hydrogen-bond donors (Lipinski definition) is 0. The van der Waals surface area contributed by atoms with Crippen LogP contribution in [0.4, 0.5) is 0 Å². The molecule has 3 aliphatic rings. The van der Waals surface area contributed by atoms with E-state index in [1.807, 2.05) is 13.8 Å². The minimum Gasteiger partial charge on any atom is -0.335 e. The van der Waals surface area contributed by atoms with Crippen molar-refractivity contribution in [1.29, 1.82) is 0 Å². The molecule has 1 aliphatic carbocycles. The zero-order valence-electron chi connectivity index (χ0n) is 18.8. The van der Waals surface area contributed by atoms with E-state index in [0.29, 0.717) is 50.1 Å². The van der Waals surface area contributed by atoms with Crippen LogP contribution in [0, 0.1) is 13.8 Å². The molecule has 32 heavy (non-hydrogen) atoms. The Hall–Kier alpha value is -1.62. The maximum Gasteiger partial charge on any atom is 0.282 e. The summed E-state index contributed by atoms with van der Waals surface area (Å²) in [6.45, 7) is 6.69. The Bertz CT molecular complexity index is 1130. The number of rotatable bonds is 4. The number of aryl methyl sites for hydroxylation is 2. The summed E-state index contributed by atoms with van der Waals surface area (Å²) in [6, 6.07) is 0. The molecule has 4 heterocycles. The van der Waals surface area contributed by atoms with Crippen LogP contribution in [0.1, 0.15) is 71.2 Å². The number of nitrogens with zero attached hydrogens (tertiary/aromatic N) is 5. The number of thiophene rings is 1. The summed E-state index contributed by atoms with van der Waals surface area (Å²) in [6.07, 6.45) is 6.32. The van der Waals surface area contributed by atoms with Crippen LogP contribution in [0.5, 0.6) is 0 Å². The lowest BCUT2D eigenvalue weighted by atomic mass is 10.1. The van der Waals surface area contributed by atoms with Crippen LogP contribution < -0.4 is 0 Å². The second-order valence-corrected chi connectivity index (χ2v) is 12.1. The fourth-order valence-corrected chi connectivity index (χ4v) is 7.67. The van der Waals surface area contributed by atoms with E-state index in [2.05, 4.69) is 4.98 Å². The van der Waals surface area contributed by atoms with Crippen LogP contribution in [0.15, 0.2) is 0 Å². The Morgan fingerprint density at radius 1 is 0.906 bits per heavy atom. The maximum absolute atomic E-state index is 13.3. The third-order valence-electron chi connectivity index (χ3n) is 6.87. The molecule has 2 aromatic heterocycles. The first-order valence-corrected chi connectivity index (χ1v) is 13.9. The second kappa shape index (κ2) is 8.62. The molecular weight excluding hydrogens is 446 g/mol. The Balaban J connectivity index is 1.31. The number of carbonyl (C=O) groups excluding carboxylic acids is 1. The highest BCUT2D eigenvalue weighted by Gasteiger charge is 2.35. The number of aromatic nitrogens is 2. The Morgan fingerprint density at radius 3 is 2.16 bits per heavy atom. The summed E-state index contributed by atoms with van der Waals surface area (Å²) in [7, 11) is -3.45. The average molecular weight is 478 g/mol. The van der Waals surface area contributed by atoms with Crippen molar-refractivity contribution < 1.29 is 13.2 Å². The minimum atomic E-state index is -3.45. The number of hydrogen-bond acceptors (Lipinski definition) is 6. The summed E-state index contributed by atoms with van der Waals surface area (Å²) in [5, 5.41) is 0.991. The maximum atomic E-state index is 13.3. The zero-order valence-corrected chi connectivity index (χ0v) is 20.5. The summed E-state index contributed by atoms with van der Waals surface area (Å²) in [4.78, 5) is 26.2. The minimum absolute atomic E-state index is 0.0234. The van der Waals surface area contributed by atoms with Gasteiger partial charge in [-0.1, -0.05) is 12.8 Å². The lowest BCUT2D eigenvalue weighted by Crippen LogP contribution is -2.54. The van der Waals surface area contributed by atoms with Gasteiger partial charge < -0.3 is 4.90 Å². The SMILES string of the molecule is Cc1nc(C2CC2)nc2sc(C(=O)N3CCN(S(=O)(=O)N4CCCCCC4)CC3)c(C)c12. The quantitative estimate of drug-likeness (QED) is 0.676. The fraction of sp³-hybridized carbons (Fsp3) is 0.682. The van der Waals surface area contributed by atoms with Crippen LogP contribution in [-0.4, -0.2) is 77.1 Å². The number of fused-ring (bicyclic) bond motifs is 1. The van der Waals surface area contributed by atoms with Gasteiger partial charge in [-0.25, -0.2) is 9.97 Å². The summed E-state index contributed by atoms with van der Waals surface area (Å²) >= 11 is 1.45. The third kappa shape index (κ3) is 4.06. The molecule has 0 aromatic carbocycles. The molecule has 174 valence electrons. The molecule has 0 atom stereocenters. The molecule has 1 saturated carbocycles. The van der Waals surface area contributed by atoms with Gasteiger partial charge in [-0.2, -0.15) is 17.0 Å². The van der Waals surface area contributed by atoms with Crippen LogP contribution in [0.3, 0.4) is 0 Å². The first-order chi connectivity index (χ1) is 15.4. The Kier molecular flexibility index (Phi) is 5.98. The predicted octanol–water partition coefficient (Wildman–Crippen LogP) is 3.06. The molecule has 2 aliphatic heterocycles. The van der Waals surface area contributed by atoms with Crippen molar-refractivity contribution in [2.75, 3.05) is 39.3 Å². The monoisotopic (exact) mass is 477 g/mol. The highest BCUT2D eigenvalue weighted by Crippen LogP contribution is 2.40.